The number of likely N-dealkylation sites (N-methyl/N-ethyl adjacent to an activating group) is 1. The van der Waals surface area contributed by atoms with Crippen molar-refractivity contribution in [1.82, 2.24) is 9.80 Å². The Morgan fingerprint density at radius 2 is 2.00 bits per heavy atom. The molecule has 3 rings (SSSR count). The van der Waals surface area contributed by atoms with Crippen LogP contribution in [0.25, 0.3) is 0 Å². The molecule has 2 fully saturated rings. The zero-order valence-corrected chi connectivity index (χ0v) is 15.8. The lowest BCUT2D eigenvalue weighted by Gasteiger charge is -2.22. The van der Waals surface area contributed by atoms with Crippen molar-refractivity contribution in [3.8, 4) is 5.75 Å². The van der Waals surface area contributed by atoms with Crippen LogP contribution in [0.4, 0.5) is 5.69 Å². The van der Waals surface area contributed by atoms with Crippen molar-refractivity contribution in [2.24, 2.45) is 0 Å². The van der Waals surface area contributed by atoms with Gasteiger partial charge in [0, 0.05) is 25.4 Å². The first-order valence-electron chi connectivity index (χ1n) is 9.74. The number of hydrogen-bond donors (Lipinski definition) is 1. The van der Waals surface area contributed by atoms with Crippen LogP contribution in [0.5, 0.6) is 5.75 Å². The first-order chi connectivity index (χ1) is 12.7. The molecule has 2 aliphatic rings. The summed E-state index contributed by atoms with van der Waals surface area (Å²) in [5, 5.41) is 2.98. The Kier molecular flexibility index (Phi) is 7.29. The van der Waals surface area contributed by atoms with Gasteiger partial charge < -0.3 is 19.7 Å². The van der Waals surface area contributed by atoms with Gasteiger partial charge in [-0.3, -0.25) is 9.69 Å². The van der Waals surface area contributed by atoms with E-state index in [0.29, 0.717) is 13.2 Å². The van der Waals surface area contributed by atoms with E-state index in [2.05, 4.69) is 22.2 Å². The molecule has 0 saturated carbocycles. The van der Waals surface area contributed by atoms with E-state index in [1.165, 1.54) is 6.42 Å². The molecule has 26 heavy (non-hydrogen) atoms. The average Bonchev–Trinajstić information content (AvgIpc) is 2.86. The van der Waals surface area contributed by atoms with Crippen molar-refractivity contribution in [1.29, 1.82) is 0 Å². The third kappa shape index (κ3) is 6.27. The third-order valence-electron chi connectivity index (χ3n) is 5.03. The maximum absolute atomic E-state index is 12.3. The van der Waals surface area contributed by atoms with Crippen LogP contribution < -0.4 is 10.1 Å². The standard InChI is InChI=1S/C20H31N3O3/c1-22-10-4-11-23(13-12-22)15-20(24)21-17-6-8-18(9-7-17)26-16-19-5-2-3-14-25-19/h6-9,19H,2-5,10-16H2,1H3,(H,21,24). The summed E-state index contributed by atoms with van der Waals surface area (Å²) in [6, 6.07) is 7.59. The molecule has 0 spiro atoms. The molecule has 1 atom stereocenters. The first kappa shape index (κ1) is 19.1. The van der Waals surface area contributed by atoms with Crippen LogP contribution in [-0.2, 0) is 9.53 Å². The van der Waals surface area contributed by atoms with Gasteiger partial charge in [0.25, 0.3) is 0 Å². The number of nitrogens with zero attached hydrogens (tertiary/aromatic N) is 2. The van der Waals surface area contributed by atoms with Gasteiger partial charge in [-0.1, -0.05) is 0 Å². The molecule has 2 aliphatic heterocycles. The summed E-state index contributed by atoms with van der Waals surface area (Å²) in [6.45, 7) is 5.93. The molecule has 1 aromatic rings. The molecular weight excluding hydrogens is 330 g/mol. The Bertz CT molecular complexity index is 558. The molecule has 0 radical (unpaired) electrons. The zero-order chi connectivity index (χ0) is 18.2. The van der Waals surface area contributed by atoms with Crippen LogP contribution in [0, 0.1) is 0 Å². The van der Waals surface area contributed by atoms with Crippen molar-refractivity contribution in [2.75, 3.05) is 58.3 Å². The molecule has 0 bridgehead atoms. The van der Waals surface area contributed by atoms with Crippen molar-refractivity contribution < 1.29 is 14.3 Å². The molecule has 2 heterocycles. The van der Waals surface area contributed by atoms with Gasteiger partial charge in [-0.05, 0) is 70.1 Å². The quantitative estimate of drug-likeness (QED) is 0.842. The monoisotopic (exact) mass is 361 g/mol. The fraction of sp³-hybridized carbons (Fsp3) is 0.650. The number of hydrogen-bond acceptors (Lipinski definition) is 5. The van der Waals surface area contributed by atoms with Crippen LogP contribution in [0.2, 0.25) is 0 Å². The molecular formula is C20H31N3O3. The van der Waals surface area contributed by atoms with E-state index in [1.807, 2.05) is 24.3 Å². The summed E-state index contributed by atoms with van der Waals surface area (Å²) in [5.74, 6) is 0.853. The summed E-state index contributed by atoms with van der Waals surface area (Å²) in [6.07, 6.45) is 4.75. The van der Waals surface area contributed by atoms with E-state index in [1.54, 1.807) is 0 Å². The normalized spacial score (nSPS) is 22.6. The molecule has 6 heteroatoms. The number of ether oxygens (including phenoxy) is 2. The van der Waals surface area contributed by atoms with E-state index < -0.39 is 0 Å². The Morgan fingerprint density at radius 1 is 1.15 bits per heavy atom. The molecule has 1 amide bonds. The molecule has 1 N–H and O–H groups in total. The molecule has 0 aromatic heterocycles. The zero-order valence-electron chi connectivity index (χ0n) is 15.8. The Labute approximate surface area is 156 Å². The van der Waals surface area contributed by atoms with Gasteiger partial charge in [0.1, 0.15) is 12.4 Å². The topological polar surface area (TPSA) is 54.0 Å². The fourth-order valence-electron chi connectivity index (χ4n) is 3.42. The minimum atomic E-state index is 0.0406. The number of benzene rings is 1. The maximum Gasteiger partial charge on any atom is 0.238 e. The van der Waals surface area contributed by atoms with Gasteiger partial charge in [-0.2, -0.15) is 0 Å². The second kappa shape index (κ2) is 9.90. The van der Waals surface area contributed by atoms with Crippen LogP contribution in [0.1, 0.15) is 25.7 Å². The minimum Gasteiger partial charge on any atom is -0.491 e. The van der Waals surface area contributed by atoms with E-state index in [-0.39, 0.29) is 12.0 Å². The number of carbonyl (C=O) groups excluding carboxylic acids is 1. The number of nitrogens with one attached hydrogen (secondary N) is 1. The fourth-order valence-corrected chi connectivity index (χ4v) is 3.42. The van der Waals surface area contributed by atoms with E-state index in [9.17, 15) is 4.79 Å². The average molecular weight is 361 g/mol. The predicted molar refractivity (Wildman–Crippen MR) is 103 cm³/mol. The van der Waals surface area contributed by atoms with Gasteiger partial charge in [0.2, 0.25) is 5.91 Å². The Morgan fingerprint density at radius 3 is 2.77 bits per heavy atom. The Hall–Kier alpha value is -1.63. The van der Waals surface area contributed by atoms with Gasteiger partial charge in [-0.25, -0.2) is 0 Å². The maximum atomic E-state index is 12.3. The number of rotatable bonds is 6. The first-order valence-corrected chi connectivity index (χ1v) is 9.74. The lowest BCUT2D eigenvalue weighted by atomic mass is 10.1. The highest BCUT2D eigenvalue weighted by Crippen LogP contribution is 2.18. The van der Waals surface area contributed by atoms with Crippen molar-refractivity contribution in [3.63, 3.8) is 0 Å². The van der Waals surface area contributed by atoms with Gasteiger partial charge in [-0.15, -0.1) is 0 Å². The highest BCUT2D eigenvalue weighted by molar-refractivity contribution is 5.92. The summed E-state index contributed by atoms with van der Waals surface area (Å²) >= 11 is 0. The number of anilines is 1. The number of carbonyl (C=O) groups is 1. The summed E-state index contributed by atoms with van der Waals surface area (Å²) in [4.78, 5) is 16.8. The second-order valence-corrected chi connectivity index (χ2v) is 7.31. The van der Waals surface area contributed by atoms with Gasteiger partial charge in [0.05, 0.1) is 12.6 Å². The minimum absolute atomic E-state index is 0.0406. The molecule has 6 nitrogen and oxygen atoms in total. The molecule has 144 valence electrons. The molecule has 1 unspecified atom stereocenters. The Balaban J connectivity index is 1.40. The van der Waals surface area contributed by atoms with E-state index in [0.717, 1.165) is 63.5 Å². The largest absolute Gasteiger partial charge is 0.491 e. The van der Waals surface area contributed by atoms with E-state index >= 15 is 0 Å². The van der Waals surface area contributed by atoms with Gasteiger partial charge >= 0.3 is 0 Å². The van der Waals surface area contributed by atoms with Crippen molar-refractivity contribution >= 4 is 11.6 Å². The lowest BCUT2D eigenvalue weighted by Crippen LogP contribution is -2.35. The highest BCUT2D eigenvalue weighted by Gasteiger charge is 2.16. The van der Waals surface area contributed by atoms with E-state index in [4.69, 9.17) is 9.47 Å². The molecule has 0 aliphatic carbocycles. The van der Waals surface area contributed by atoms with Gasteiger partial charge in [0.15, 0.2) is 0 Å². The SMILES string of the molecule is CN1CCCN(CC(=O)Nc2ccc(OCC3CCCCO3)cc2)CC1. The van der Waals surface area contributed by atoms with Crippen molar-refractivity contribution in [2.45, 2.75) is 31.8 Å². The van der Waals surface area contributed by atoms with Crippen molar-refractivity contribution in [3.05, 3.63) is 24.3 Å². The van der Waals surface area contributed by atoms with Crippen LogP contribution >= 0.6 is 0 Å². The van der Waals surface area contributed by atoms with Crippen LogP contribution in [0.3, 0.4) is 0 Å². The summed E-state index contributed by atoms with van der Waals surface area (Å²) < 4.78 is 11.5. The molecule has 1 aromatic carbocycles. The van der Waals surface area contributed by atoms with Crippen LogP contribution in [-0.4, -0.2) is 74.8 Å². The summed E-state index contributed by atoms with van der Waals surface area (Å²) in [5.41, 5.74) is 0.809. The number of amides is 1. The smallest absolute Gasteiger partial charge is 0.238 e. The second-order valence-electron chi connectivity index (χ2n) is 7.31. The summed E-state index contributed by atoms with van der Waals surface area (Å²) in [7, 11) is 2.13. The van der Waals surface area contributed by atoms with Crippen LogP contribution in [0.15, 0.2) is 24.3 Å². The predicted octanol–water partition coefficient (Wildman–Crippen LogP) is 2.21. The lowest BCUT2D eigenvalue weighted by molar-refractivity contribution is -0.117. The highest BCUT2D eigenvalue weighted by atomic mass is 16.5. The third-order valence-corrected chi connectivity index (χ3v) is 5.03. The molecule has 2 saturated heterocycles.